The number of piperidine rings is 1. The number of hydrogen-bond acceptors (Lipinski definition) is 7. The number of aryl methyl sites for hydroxylation is 1. The highest BCUT2D eigenvalue weighted by Crippen LogP contribution is 2.33. The Labute approximate surface area is 148 Å². The molecule has 3 rings (SSSR count). The number of rotatable bonds is 4. The van der Waals surface area contributed by atoms with E-state index in [4.69, 9.17) is 9.52 Å². The first-order valence-corrected chi connectivity index (χ1v) is 10.3. The van der Waals surface area contributed by atoms with Crippen LogP contribution >= 0.6 is 0 Å². The van der Waals surface area contributed by atoms with Crippen molar-refractivity contribution in [2.75, 3.05) is 37.1 Å². The second kappa shape index (κ2) is 6.42. The summed E-state index contributed by atoms with van der Waals surface area (Å²) in [5.74, 6) is 2.21. The molecule has 1 atom stereocenters. The lowest BCUT2D eigenvalue weighted by molar-refractivity contribution is 0.0389. The van der Waals surface area contributed by atoms with Crippen molar-refractivity contribution in [1.29, 1.82) is 4.78 Å². The molecule has 1 aromatic heterocycles. The number of nitrogens with one attached hydrogen (secondary N) is 1. The minimum atomic E-state index is -2.73. The molecule has 136 valence electrons. The van der Waals surface area contributed by atoms with Gasteiger partial charge in [0.15, 0.2) is 0 Å². The van der Waals surface area contributed by atoms with Crippen molar-refractivity contribution in [3.05, 3.63) is 24.0 Å². The summed E-state index contributed by atoms with van der Waals surface area (Å²) in [7, 11) is -1.10. The molecule has 7 nitrogen and oxygen atoms in total. The molecule has 2 heterocycles. The molecule has 1 saturated heterocycles. The quantitative estimate of drug-likeness (QED) is 0.860. The zero-order chi connectivity index (χ0) is 18.2. The molecule has 0 bridgehead atoms. The van der Waals surface area contributed by atoms with Gasteiger partial charge in [-0.25, -0.2) is 9.97 Å². The molecule has 0 amide bonds. The third-order valence-corrected chi connectivity index (χ3v) is 5.63. The van der Waals surface area contributed by atoms with Crippen molar-refractivity contribution in [3.8, 4) is 5.75 Å². The lowest BCUT2D eigenvalue weighted by Gasteiger charge is -2.39. The number of benzene rings is 1. The molecular weight excluding hydrogens is 340 g/mol. The van der Waals surface area contributed by atoms with Crippen molar-refractivity contribution in [3.63, 3.8) is 0 Å². The van der Waals surface area contributed by atoms with E-state index in [2.05, 4.69) is 14.9 Å². The number of nitrogens with zero attached hydrogens (tertiary/aromatic N) is 3. The fourth-order valence-corrected chi connectivity index (χ4v) is 4.73. The van der Waals surface area contributed by atoms with Gasteiger partial charge < -0.3 is 14.7 Å². The number of aromatic nitrogens is 2. The van der Waals surface area contributed by atoms with Gasteiger partial charge in [0.1, 0.15) is 22.9 Å². The monoisotopic (exact) mass is 364 g/mol. The Bertz CT molecular complexity index is 890. The van der Waals surface area contributed by atoms with Crippen LogP contribution in [0, 0.1) is 11.7 Å². The number of para-hydroxylation sites is 1. The van der Waals surface area contributed by atoms with E-state index in [1.807, 2.05) is 25.1 Å². The number of anilines is 1. The van der Waals surface area contributed by atoms with Crippen LogP contribution in [-0.4, -0.2) is 57.1 Å². The highest BCUT2D eigenvalue weighted by atomic mass is 32.2. The fourth-order valence-electron chi connectivity index (χ4n) is 3.42. The third kappa shape index (κ3) is 3.85. The topological polar surface area (TPSA) is 99.4 Å². The van der Waals surface area contributed by atoms with E-state index in [1.165, 1.54) is 6.26 Å². The van der Waals surface area contributed by atoms with E-state index in [9.17, 15) is 9.32 Å². The molecule has 2 N–H and O–H groups in total. The number of ether oxygens (including phenoxy) is 1. The van der Waals surface area contributed by atoms with Gasteiger partial charge in [-0.05, 0) is 31.9 Å². The zero-order valence-electron chi connectivity index (χ0n) is 14.8. The van der Waals surface area contributed by atoms with Gasteiger partial charge in [-0.1, -0.05) is 6.07 Å². The maximum atomic E-state index is 11.8. The van der Waals surface area contributed by atoms with Crippen LogP contribution in [0.2, 0.25) is 0 Å². The Kier molecular flexibility index (Phi) is 4.59. The fraction of sp³-hybridized carbons (Fsp3) is 0.529. The third-order valence-electron chi connectivity index (χ3n) is 4.54. The maximum absolute atomic E-state index is 11.8. The van der Waals surface area contributed by atoms with E-state index < -0.39 is 15.3 Å². The van der Waals surface area contributed by atoms with E-state index in [1.54, 1.807) is 7.11 Å². The van der Waals surface area contributed by atoms with Crippen molar-refractivity contribution in [2.24, 2.45) is 0 Å². The summed E-state index contributed by atoms with van der Waals surface area (Å²) in [5, 5.41) is 11.6. The van der Waals surface area contributed by atoms with Crippen molar-refractivity contribution in [2.45, 2.75) is 25.4 Å². The van der Waals surface area contributed by atoms with Crippen molar-refractivity contribution in [1.82, 2.24) is 9.97 Å². The molecule has 8 heteroatoms. The molecule has 25 heavy (non-hydrogen) atoms. The predicted molar refractivity (Wildman–Crippen MR) is 98.9 cm³/mol. The summed E-state index contributed by atoms with van der Waals surface area (Å²) in [6.07, 6.45) is 2.31. The highest BCUT2D eigenvalue weighted by molar-refractivity contribution is 7.91. The molecular formula is C17H24N4O3S. The molecule has 0 radical (unpaired) electrons. The molecule has 1 aliphatic rings. The van der Waals surface area contributed by atoms with Crippen LogP contribution in [0.15, 0.2) is 18.2 Å². The smallest absolute Gasteiger partial charge is 0.145 e. The van der Waals surface area contributed by atoms with Crippen molar-refractivity contribution < 1.29 is 14.1 Å². The minimum absolute atomic E-state index is 0.0191. The molecule has 1 unspecified atom stereocenters. The standard InChI is InChI=1S/C17H24N4O3S/c1-12-19-15-13(5-4-6-14(15)24-2)16(20-12)21-9-7-17(22,8-10-21)11-25(3,18)23/h4-6,18,22H,7-11H2,1-3H3. The van der Waals surface area contributed by atoms with Gasteiger partial charge in [0.25, 0.3) is 0 Å². The molecule has 1 aliphatic heterocycles. The highest BCUT2D eigenvalue weighted by Gasteiger charge is 2.35. The van der Waals surface area contributed by atoms with Crippen LogP contribution < -0.4 is 9.64 Å². The first-order chi connectivity index (χ1) is 11.7. The van der Waals surface area contributed by atoms with E-state index in [0.717, 1.165) is 16.7 Å². The van der Waals surface area contributed by atoms with Gasteiger partial charge in [-0.3, -0.25) is 8.99 Å². The van der Waals surface area contributed by atoms with Gasteiger partial charge in [-0.2, -0.15) is 0 Å². The van der Waals surface area contributed by atoms with E-state index >= 15 is 0 Å². The van der Waals surface area contributed by atoms with Gasteiger partial charge in [-0.15, -0.1) is 0 Å². The normalized spacial score (nSPS) is 19.6. The molecule has 0 aliphatic carbocycles. The molecule has 1 fully saturated rings. The first-order valence-electron chi connectivity index (χ1n) is 8.21. The van der Waals surface area contributed by atoms with Gasteiger partial charge in [0.05, 0.1) is 18.5 Å². The average molecular weight is 364 g/mol. The minimum Gasteiger partial charge on any atom is -0.494 e. The lowest BCUT2D eigenvalue weighted by Crippen LogP contribution is -2.48. The lowest BCUT2D eigenvalue weighted by atomic mass is 9.93. The van der Waals surface area contributed by atoms with Gasteiger partial charge in [0, 0.05) is 34.5 Å². The summed E-state index contributed by atoms with van der Waals surface area (Å²) >= 11 is 0. The Morgan fingerprint density at radius 1 is 1.36 bits per heavy atom. The van der Waals surface area contributed by atoms with Gasteiger partial charge >= 0.3 is 0 Å². The van der Waals surface area contributed by atoms with Crippen LogP contribution in [0.5, 0.6) is 5.75 Å². The van der Waals surface area contributed by atoms with Crippen molar-refractivity contribution >= 4 is 26.4 Å². The molecule has 1 aromatic carbocycles. The summed E-state index contributed by atoms with van der Waals surface area (Å²) in [4.78, 5) is 11.2. The first kappa shape index (κ1) is 17.9. The molecule has 2 aromatic rings. The van der Waals surface area contributed by atoms with Gasteiger partial charge in [0.2, 0.25) is 0 Å². The Balaban J connectivity index is 1.91. The molecule has 0 saturated carbocycles. The number of methoxy groups -OCH3 is 1. The van der Waals surface area contributed by atoms with Crippen LogP contribution in [-0.2, 0) is 9.73 Å². The Morgan fingerprint density at radius 3 is 2.64 bits per heavy atom. The Hall–Kier alpha value is -1.93. The van der Waals surface area contributed by atoms with Crippen LogP contribution in [0.1, 0.15) is 18.7 Å². The van der Waals surface area contributed by atoms with E-state index in [0.29, 0.717) is 37.5 Å². The predicted octanol–water partition coefficient (Wildman–Crippen LogP) is 1.95. The van der Waals surface area contributed by atoms with Crippen LogP contribution in [0.4, 0.5) is 5.82 Å². The van der Waals surface area contributed by atoms with Crippen LogP contribution in [0.25, 0.3) is 10.9 Å². The SMILES string of the molecule is COc1cccc2c(N3CCC(O)(CS(C)(=N)=O)CC3)nc(C)nc12. The largest absolute Gasteiger partial charge is 0.494 e. The second-order valence-electron chi connectivity index (χ2n) is 6.81. The average Bonchev–Trinajstić information content (AvgIpc) is 2.52. The Morgan fingerprint density at radius 2 is 2.04 bits per heavy atom. The maximum Gasteiger partial charge on any atom is 0.145 e. The number of fused-ring (bicyclic) bond motifs is 1. The van der Waals surface area contributed by atoms with Crippen LogP contribution in [0.3, 0.4) is 0 Å². The number of hydrogen-bond donors (Lipinski definition) is 2. The zero-order valence-corrected chi connectivity index (χ0v) is 15.6. The summed E-state index contributed by atoms with van der Waals surface area (Å²) < 4.78 is 24.8. The second-order valence-corrected chi connectivity index (χ2v) is 9.11. The summed E-state index contributed by atoms with van der Waals surface area (Å²) in [6.45, 7) is 3.03. The summed E-state index contributed by atoms with van der Waals surface area (Å²) in [6, 6.07) is 5.76. The number of aliphatic hydroxyl groups is 1. The molecule has 0 spiro atoms. The van der Waals surface area contributed by atoms with E-state index in [-0.39, 0.29) is 5.75 Å². The summed E-state index contributed by atoms with van der Waals surface area (Å²) in [5.41, 5.74) is -0.268.